The molecule has 2 aromatic rings. The van der Waals surface area contributed by atoms with Crippen molar-refractivity contribution < 1.29 is 24.2 Å². The fourth-order valence-electron chi connectivity index (χ4n) is 4.54. The minimum absolute atomic E-state index is 0.0923. The summed E-state index contributed by atoms with van der Waals surface area (Å²) in [5.41, 5.74) is 2.39. The third kappa shape index (κ3) is 5.77. The van der Waals surface area contributed by atoms with Crippen molar-refractivity contribution in [3.05, 3.63) is 47.7 Å². The van der Waals surface area contributed by atoms with E-state index in [2.05, 4.69) is 4.98 Å². The van der Waals surface area contributed by atoms with Gasteiger partial charge in [-0.05, 0) is 43.5 Å². The van der Waals surface area contributed by atoms with E-state index < -0.39 is 6.04 Å². The van der Waals surface area contributed by atoms with Crippen LogP contribution in [-0.4, -0.2) is 95.5 Å². The minimum Gasteiger partial charge on any atom is -0.472 e. The van der Waals surface area contributed by atoms with Gasteiger partial charge in [0.05, 0.1) is 19.2 Å². The molecule has 37 heavy (non-hydrogen) atoms. The predicted molar refractivity (Wildman–Crippen MR) is 139 cm³/mol. The van der Waals surface area contributed by atoms with E-state index in [1.54, 1.807) is 55.3 Å². The van der Waals surface area contributed by atoms with Crippen molar-refractivity contribution in [1.82, 2.24) is 19.7 Å². The van der Waals surface area contributed by atoms with Gasteiger partial charge in [0.25, 0.3) is 11.8 Å². The topological polar surface area (TPSA) is 103 Å². The van der Waals surface area contributed by atoms with Crippen LogP contribution in [0, 0.1) is 11.8 Å². The maximum Gasteiger partial charge on any atom is 0.259 e. The van der Waals surface area contributed by atoms with Crippen LogP contribution in [0.5, 0.6) is 5.88 Å². The minimum atomic E-state index is -0.396. The second-order valence-electron chi connectivity index (χ2n) is 10.5. The van der Waals surface area contributed by atoms with Gasteiger partial charge in [0, 0.05) is 56.8 Å². The van der Waals surface area contributed by atoms with Gasteiger partial charge < -0.3 is 24.5 Å². The lowest BCUT2D eigenvalue weighted by Crippen LogP contribution is -2.50. The van der Waals surface area contributed by atoms with E-state index in [0.29, 0.717) is 29.8 Å². The van der Waals surface area contributed by atoms with Gasteiger partial charge in [-0.3, -0.25) is 14.4 Å². The van der Waals surface area contributed by atoms with Crippen LogP contribution >= 0.6 is 0 Å². The molecule has 2 aliphatic rings. The van der Waals surface area contributed by atoms with Crippen LogP contribution in [0.4, 0.5) is 0 Å². The first-order chi connectivity index (χ1) is 17.6. The van der Waals surface area contributed by atoms with E-state index in [4.69, 9.17) is 4.74 Å². The first-order valence-corrected chi connectivity index (χ1v) is 12.8. The number of carbonyl (C=O) groups is 3. The summed E-state index contributed by atoms with van der Waals surface area (Å²) in [6.07, 6.45) is 3.13. The fourth-order valence-corrected chi connectivity index (χ4v) is 4.54. The number of benzene rings is 1. The average molecular weight is 509 g/mol. The number of aromatic nitrogens is 1. The lowest BCUT2D eigenvalue weighted by molar-refractivity contribution is -0.132. The van der Waals surface area contributed by atoms with Gasteiger partial charge >= 0.3 is 0 Å². The van der Waals surface area contributed by atoms with Crippen LogP contribution in [-0.2, 0) is 4.79 Å². The van der Waals surface area contributed by atoms with E-state index in [-0.39, 0.29) is 48.1 Å². The number of aliphatic hydroxyl groups is 1. The number of ether oxygens (including phenoxy) is 1. The fraction of sp³-hybridized carbons (Fsp3) is 0.500. The third-order valence-corrected chi connectivity index (χ3v) is 7.15. The number of aliphatic hydroxyl groups excluding tert-OH is 1. The molecule has 0 unspecified atom stereocenters. The van der Waals surface area contributed by atoms with Crippen LogP contribution in [0.25, 0.3) is 11.1 Å². The zero-order valence-corrected chi connectivity index (χ0v) is 22.2. The first-order valence-electron chi connectivity index (χ1n) is 12.8. The quantitative estimate of drug-likeness (QED) is 0.617. The second-order valence-corrected chi connectivity index (χ2v) is 10.5. The van der Waals surface area contributed by atoms with E-state index >= 15 is 0 Å². The lowest BCUT2D eigenvalue weighted by Gasteiger charge is -2.37. The zero-order chi connectivity index (χ0) is 26.9. The van der Waals surface area contributed by atoms with Crippen molar-refractivity contribution in [3.63, 3.8) is 0 Å². The Balaban J connectivity index is 1.67. The number of hydrogen-bond acceptors (Lipinski definition) is 6. The summed E-state index contributed by atoms with van der Waals surface area (Å²) in [7, 11) is 5.19. The van der Waals surface area contributed by atoms with Crippen molar-refractivity contribution >= 4 is 17.7 Å². The molecule has 9 heteroatoms. The number of nitrogens with zero attached hydrogens (tertiary/aromatic N) is 4. The number of likely N-dealkylation sites (N-methyl/N-ethyl adjacent to an activating group) is 1. The van der Waals surface area contributed by atoms with Crippen molar-refractivity contribution in [2.24, 2.45) is 11.8 Å². The van der Waals surface area contributed by atoms with Gasteiger partial charge in [-0.2, -0.15) is 0 Å². The van der Waals surface area contributed by atoms with Crippen molar-refractivity contribution in [2.45, 2.75) is 38.8 Å². The summed E-state index contributed by atoms with van der Waals surface area (Å²) in [4.78, 5) is 47.9. The Labute approximate surface area is 218 Å². The van der Waals surface area contributed by atoms with Gasteiger partial charge in [0.1, 0.15) is 11.7 Å². The predicted octanol–water partition coefficient (Wildman–Crippen LogP) is 2.54. The molecule has 0 spiro atoms. The molecule has 1 saturated carbocycles. The SMILES string of the molecule is C[C@@H]1CN([C@@H](C)CO)C(=O)c2cc(-c3ccc(C(=O)N(C)C)cc3)cnc2O[C@@H]1CN(C)C(=O)C1CC1. The van der Waals surface area contributed by atoms with Crippen molar-refractivity contribution in [2.75, 3.05) is 40.8 Å². The Kier molecular flexibility index (Phi) is 7.82. The van der Waals surface area contributed by atoms with E-state index in [1.807, 2.05) is 26.0 Å². The molecule has 1 fully saturated rings. The molecule has 0 radical (unpaired) electrons. The summed E-state index contributed by atoms with van der Waals surface area (Å²) < 4.78 is 6.30. The molecule has 2 heterocycles. The zero-order valence-electron chi connectivity index (χ0n) is 22.2. The third-order valence-electron chi connectivity index (χ3n) is 7.15. The maximum absolute atomic E-state index is 13.7. The Morgan fingerprint density at radius 1 is 1.16 bits per heavy atom. The Morgan fingerprint density at radius 3 is 2.43 bits per heavy atom. The molecule has 3 amide bonds. The molecule has 9 nitrogen and oxygen atoms in total. The molecule has 1 aliphatic heterocycles. The summed E-state index contributed by atoms with van der Waals surface area (Å²) in [5.74, 6) is -0.0118. The first kappa shape index (κ1) is 26.6. The Hall–Kier alpha value is -3.46. The summed E-state index contributed by atoms with van der Waals surface area (Å²) in [6, 6.07) is 8.50. The monoisotopic (exact) mass is 508 g/mol. The van der Waals surface area contributed by atoms with Gasteiger partial charge in [0.2, 0.25) is 11.8 Å². The molecular formula is C28H36N4O5. The largest absolute Gasteiger partial charge is 0.472 e. The average Bonchev–Trinajstić information content (AvgIpc) is 3.74. The van der Waals surface area contributed by atoms with Crippen molar-refractivity contribution in [1.29, 1.82) is 0 Å². The normalized spacial score (nSPS) is 20.3. The van der Waals surface area contributed by atoms with Gasteiger partial charge in [-0.25, -0.2) is 4.98 Å². The van der Waals surface area contributed by atoms with Gasteiger partial charge in [-0.15, -0.1) is 0 Å². The highest BCUT2D eigenvalue weighted by atomic mass is 16.5. The van der Waals surface area contributed by atoms with Crippen LogP contribution in [0.1, 0.15) is 47.4 Å². The molecule has 0 bridgehead atoms. The Morgan fingerprint density at radius 2 is 1.84 bits per heavy atom. The smallest absolute Gasteiger partial charge is 0.259 e. The molecule has 1 N–H and O–H groups in total. The molecule has 1 aliphatic carbocycles. The molecule has 3 atom stereocenters. The number of fused-ring (bicyclic) bond motifs is 1. The van der Waals surface area contributed by atoms with E-state index in [0.717, 1.165) is 18.4 Å². The number of amides is 3. The van der Waals surface area contributed by atoms with Crippen LogP contribution < -0.4 is 4.74 Å². The summed E-state index contributed by atoms with van der Waals surface area (Å²) >= 11 is 0. The van der Waals surface area contributed by atoms with Gasteiger partial charge in [-0.1, -0.05) is 19.1 Å². The standard InChI is InChI=1S/C28H36N4O5/c1-17-14-32(18(2)16-33)28(36)23-12-22(19-6-8-20(9-7-19)26(34)30(3)4)13-29-25(23)37-24(17)15-31(5)27(35)21-10-11-21/h6-9,12-13,17-18,21,24,33H,10-11,14-16H2,1-5H3/t17-,18+,24-/m1/s1. The molecule has 198 valence electrons. The highest BCUT2D eigenvalue weighted by Crippen LogP contribution is 2.33. The van der Waals surface area contributed by atoms with Gasteiger partial charge in [0.15, 0.2) is 0 Å². The van der Waals surface area contributed by atoms with Crippen molar-refractivity contribution in [3.8, 4) is 17.0 Å². The lowest BCUT2D eigenvalue weighted by atomic mass is 9.98. The summed E-state index contributed by atoms with van der Waals surface area (Å²) in [6.45, 7) is 4.38. The summed E-state index contributed by atoms with van der Waals surface area (Å²) in [5, 5.41) is 9.87. The number of hydrogen-bond donors (Lipinski definition) is 1. The molecular weight excluding hydrogens is 472 g/mol. The van der Waals surface area contributed by atoms with Crippen LogP contribution in [0.15, 0.2) is 36.5 Å². The Bertz CT molecular complexity index is 1160. The highest BCUT2D eigenvalue weighted by molar-refractivity contribution is 5.98. The number of rotatable bonds is 7. The maximum atomic E-state index is 13.7. The molecule has 1 aromatic carbocycles. The molecule has 0 saturated heterocycles. The molecule has 1 aromatic heterocycles. The van der Waals surface area contributed by atoms with E-state index in [9.17, 15) is 19.5 Å². The van der Waals surface area contributed by atoms with E-state index in [1.165, 1.54) is 4.90 Å². The van der Waals surface area contributed by atoms with Crippen LogP contribution in [0.3, 0.4) is 0 Å². The van der Waals surface area contributed by atoms with Crippen LogP contribution in [0.2, 0.25) is 0 Å². The highest BCUT2D eigenvalue weighted by Gasteiger charge is 2.37. The number of pyridine rings is 1. The second kappa shape index (κ2) is 10.9. The number of carbonyl (C=O) groups excluding carboxylic acids is 3. The molecule has 4 rings (SSSR count).